The van der Waals surface area contributed by atoms with Crippen molar-refractivity contribution in [1.82, 2.24) is 0 Å². The number of unbranched alkanes of at least 4 members (excludes halogenated alkanes) is 24. The Morgan fingerprint density at radius 2 is 1.10 bits per heavy atom. The van der Waals surface area contributed by atoms with Crippen LogP contribution in [0.3, 0.4) is 0 Å². The summed E-state index contributed by atoms with van der Waals surface area (Å²) < 4.78 is 26.1. The number of carbonyl (C=O) groups is 2. The summed E-state index contributed by atoms with van der Waals surface area (Å²) >= 11 is 0. The summed E-state index contributed by atoms with van der Waals surface area (Å²) in [6.45, 7) is 5.10. The summed E-state index contributed by atoms with van der Waals surface area (Å²) in [5.74, 6) is -1.14. The fraction of sp³-hybridized carbons (Fsp3) is 0.795. The SMILES string of the molecule is C=CCCCCCCCCCCCCCCCC(=O)OC[C@H](COP(=O)(O)O)OC(=O)/C=C/C=C/CCCCCCCCCCCCC. The Kier molecular flexibility index (Phi) is 33.8. The van der Waals surface area contributed by atoms with Crippen molar-refractivity contribution in [3.8, 4) is 0 Å². The predicted molar refractivity (Wildman–Crippen MR) is 198 cm³/mol. The van der Waals surface area contributed by atoms with E-state index in [0.29, 0.717) is 6.42 Å². The normalized spacial score (nSPS) is 12.6. The smallest absolute Gasteiger partial charge is 0.462 e. The molecule has 48 heavy (non-hydrogen) atoms. The molecule has 0 rings (SSSR count). The van der Waals surface area contributed by atoms with Crippen molar-refractivity contribution >= 4 is 19.8 Å². The average Bonchev–Trinajstić information content (AvgIpc) is 3.05. The van der Waals surface area contributed by atoms with Crippen molar-refractivity contribution < 1.29 is 37.9 Å². The van der Waals surface area contributed by atoms with E-state index in [0.717, 1.165) is 38.5 Å². The van der Waals surface area contributed by atoms with E-state index in [1.807, 2.05) is 12.2 Å². The zero-order valence-corrected chi connectivity index (χ0v) is 31.4. The Balaban J connectivity index is 4.03. The molecule has 0 spiro atoms. The number of phosphoric ester groups is 1. The van der Waals surface area contributed by atoms with E-state index in [-0.39, 0.29) is 13.0 Å². The van der Waals surface area contributed by atoms with Gasteiger partial charge in [-0.3, -0.25) is 9.32 Å². The Hall–Kier alpha value is -1.73. The summed E-state index contributed by atoms with van der Waals surface area (Å²) in [7, 11) is -4.77. The van der Waals surface area contributed by atoms with Gasteiger partial charge in [0.05, 0.1) is 6.61 Å². The van der Waals surface area contributed by atoms with Crippen LogP contribution in [-0.2, 0) is 28.2 Å². The van der Waals surface area contributed by atoms with Crippen molar-refractivity contribution in [3.63, 3.8) is 0 Å². The highest BCUT2D eigenvalue weighted by Gasteiger charge is 2.22. The molecule has 1 atom stereocenters. The zero-order valence-electron chi connectivity index (χ0n) is 30.5. The molecular weight excluding hydrogens is 627 g/mol. The van der Waals surface area contributed by atoms with Crippen LogP contribution in [0, 0.1) is 0 Å². The molecule has 0 aromatic rings. The fourth-order valence-corrected chi connectivity index (χ4v) is 5.86. The van der Waals surface area contributed by atoms with Gasteiger partial charge in [-0.25, -0.2) is 9.36 Å². The molecule has 9 heteroatoms. The van der Waals surface area contributed by atoms with Crippen molar-refractivity contribution in [2.24, 2.45) is 0 Å². The molecule has 0 aliphatic heterocycles. The van der Waals surface area contributed by atoms with E-state index in [9.17, 15) is 14.2 Å². The summed E-state index contributed by atoms with van der Waals surface area (Å²) in [5, 5.41) is 0. The van der Waals surface area contributed by atoms with Crippen LogP contribution in [0.25, 0.3) is 0 Å². The molecule has 280 valence electrons. The predicted octanol–water partition coefficient (Wildman–Crippen LogP) is 11.4. The molecule has 0 aromatic heterocycles. The second-order valence-corrected chi connectivity index (χ2v) is 14.3. The lowest BCUT2D eigenvalue weighted by Gasteiger charge is -2.17. The van der Waals surface area contributed by atoms with Crippen molar-refractivity contribution in [2.45, 2.75) is 186 Å². The number of allylic oxidation sites excluding steroid dienone is 4. The first-order valence-corrected chi connectivity index (χ1v) is 20.8. The number of rotatable bonds is 36. The van der Waals surface area contributed by atoms with Gasteiger partial charge in [0.15, 0.2) is 6.10 Å². The maximum atomic E-state index is 12.2. The molecule has 0 aromatic carbocycles. The second-order valence-electron chi connectivity index (χ2n) is 13.1. The molecule has 0 aliphatic rings. The Morgan fingerprint density at radius 1 is 0.646 bits per heavy atom. The first-order chi connectivity index (χ1) is 23.3. The van der Waals surface area contributed by atoms with Gasteiger partial charge in [0.1, 0.15) is 6.61 Å². The van der Waals surface area contributed by atoms with E-state index in [4.69, 9.17) is 19.3 Å². The minimum atomic E-state index is -4.77. The van der Waals surface area contributed by atoms with Gasteiger partial charge in [-0.15, -0.1) is 6.58 Å². The van der Waals surface area contributed by atoms with E-state index in [2.05, 4.69) is 18.0 Å². The standard InChI is InChI=1S/C39H71O8P/c1-3-5-7-9-11-13-15-17-19-21-23-25-27-29-31-33-38(40)45-35-37(36-46-48(42,43)44)47-39(41)34-32-30-28-26-24-22-20-18-16-14-12-10-8-6-4-2/h3,28,30,32,34,37H,1,4-27,29,31,33,35-36H2,2H3,(H2,42,43,44)/b30-28+,34-32+/t37-/m1/s1. The maximum Gasteiger partial charge on any atom is 0.469 e. The van der Waals surface area contributed by atoms with Crippen LogP contribution in [0.1, 0.15) is 180 Å². The highest BCUT2D eigenvalue weighted by Crippen LogP contribution is 2.35. The van der Waals surface area contributed by atoms with Gasteiger partial charge < -0.3 is 19.3 Å². The van der Waals surface area contributed by atoms with Crippen LogP contribution >= 0.6 is 7.82 Å². The van der Waals surface area contributed by atoms with Gasteiger partial charge in [0, 0.05) is 12.5 Å². The van der Waals surface area contributed by atoms with Gasteiger partial charge >= 0.3 is 19.8 Å². The van der Waals surface area contributed by atoms with Crippen LogP contribution in [0.2, 0.25) is 0 Å². The molecule has 0 bridgehead atoms. The summed E-state index contributed by atoms with van der Waals surface area (Å²) in [6, 6.07) is 0. The molecule has 0 heterocycles. The lowest BCUT2D eigenvalue weighted by Crippen LogP contribution is -2.29. The van der Waals surface area contributed by atoms with E-state index in [1.54, 1.807) is 12.2 Å². The van der Waals surface area contributed by atoms with Crippen molar-refractivity contribution in [3.05, 3.63) is 37.0 Å². The van der Waals surface area contributed by atoms with Crippen LogP contribution in [0.4, 0.5) is 0 Å². The topological polar surface area (TPSA) is 119 Å². The molecule has 0 radical (unpaired) electrons. The van der Waals surface area contributed by atoms with Crippen molar-refractivity contribution in [1.29, 1.82) is 0 Å². The van der Waals surface area contributed by atoms with Gasteiger partial charge in [0.2, 0.25) is 0 Å². The third-order valence-corrected chi connectivity index (χ3v) is 8.87. The minimum Gasteiger partial charge on any atom is -0.462 e. The van der Waals surface area contributed by atoms with E-state index < -0.39 is 32.5 Å². The molecular formula is C39H71O8P. The number of phosphoric acid groups is 1. The van der Waals surface area contributed by atoms with E-state index in [1.165, 1.54) is 128 Å². The third-order valence-electron chi connectivity index (χ3n) is 8.38. The number of esters is 2. The van der Waals surface area contributed by atoms with Gasteiger partial charge in [-0.05, 0) is 32.1 Å². The van der Waals surface area contributed by atoms with Gasteiger partial charge in [-0.1, -0.05) is 166 Å². The van der Waals surface area contributed by atoms with Crippen molar-refractivity contribution in [2.75, 3.05) is 13.2 Å². The third kappa shape index (κ3) is 37.1. The number of hydrogen-bond acceptors (Lipinski definition) is 6. The molecule has 2 N–H and O–H groups in total. The molecule has 0 unspecified atom stereocenters. The quantitative estimate of drug-likeness (QED) is 0.0166. The Morgan fingerprint density at radius 3 is 1.58 bits per heavy atom. The van der Waals surface area contributed by atoms with E-state index >= 15 is 0 Å². The monoisotopic (exact) mass is 698 g/mol. The first kappa shape index (κ1) is 46.3. The number of ether oxygens (including phenoxy) is 2. The maximum absolute atomic E-state index is 12.2. The number of carbonyl (C=O) groups excluding carboxylic acids is 2. The Labute approximate surface area is 293 Å². The minimum absolute atomic E-state index is 0.247. The second kappa shape index (κ2) is 35.1. The Bertz CT molecular complexity index is 866. The largest absolute Gasteiger partial charge is 0.469 e. The molecule has 0 saturated carbocycles. The summed E-state index contributed by atoms with van der Waals surface area (Å²) in [4.78, 5) is 42.6. The highest BCUT2D eigenvalue weighted by molar-refractivity contribution is 7.46. The molecule has 0 amide bonds. The summed E-state index contributed by atoms with van der Waals surface area (Å²) in [6.07, 6.45) is 39.6. The molecule has 0 aliphatic carbocycles. The lowest BCUT2D eigenvalue weighted by molar-refractivity contribution is -0.157. The fourth-order valence-electron chi connectivity index (χ4n) is 5.50. The molecule has 8 nitrogen and oxygen atoms in total. The molecule has 0 saturated heterocycles. The van der Waals surface area contributed by atoms with Gasteiger partial charge in [-0.2, -0.15) is 0 Å². The zero-order chi connectivity index (χ0) is 35.4. The van der Waals surface area contributed by atoms with Crippen LogP contribution in [0.15, 0.2) is 37.0 Å². The average molecular weight is 699 g/mol. The lowest BCUT2D eigenvalue weighted by atomic mass is 10.0. The number of hydrogen-bond donors (Lipinski definition) is 2. The van der Waals surface area contributed by atoms with Gasteiger partial charge in [0.25, 0.3) is 0 Å². The van der Waals surface area contributed by atoms with Crippen LogP contribution < -0.4 is 0 Å². The molecule has 0 fully saturated rings. The summed E-state index contributed by atoms with van der Waals surface area (Å²) in [5.41, 5.74) is 0. The highest BCUT2D eigenvalue weighted by atomic mass is 31.2. The van der Waals surface area contributed by atoms with Crippen LogP contribution in [-0.4, -0.2) is 41.0 Å². The first-order valence-electron chi connectivity index (χ1n) is 19.3. The van der Waals surface area contributed by atoms with Crippen LogP contribution in [0.5, 0.6) is 0 Å².